The van der Waals surface area contributed by atoms with Crippen LogP contribution < -0.4 is 0 Å². The van der Waals surface area contributed by atoms with Gasteiger partial charge in [-0.2, -0.15) is 4.79 Å². The molecule has 4 rings (SSSR count). The van der Waals surface area contributed by atoms with Gasteiger partial charge in [-0.25, -0.2) is 0 Å². The van der Waals surface area contributed by atoms with Gasteiger partial charge in [0.1, 0.15) is 0 Å². The van der Waals surface area contributed by atoms with Crippen LogP contribution in [0.1, 0.15) is 37.9 Å². The first-order valence-corrected chi connectivity index (χ1v) is 8.44. The predicted octanol–water partition coefficient (Wildman–Crippen LogP) is 4.77. The van der Waals surface area contributed by atoms with Gasteiger partial charge in [-0.3, -0.25) is 19.4 Å². The third kappa shape index (κ3) is 6.65. The number of rotatable bonds is 0. The Hall–Kier alpha value is -4.78. The van der Waals surface area contributed by atoms with Gasteiger partial charge in [-0.1, -0.05) is 48.5 Å². The van der Waals surface area contributed by atoms with Crippen molar-refractivity contribution in [3.05, 3.63) is 126 Å². The molecule has 0 amide bonds. The normalized spacial score (nSPS) is 14.4. The SMILES string of the molecule is O=C1C=CC(=O)c2ccccc21.[N-]=[N+]=C1C=Cc2ccccc2C1O.[N-]=[N+]=[N-].[N-]=[N+]=[N-]. The van der Waals surface area contributed by atoms with Gasteiger partial charge in [-0.05, 0) is 29.4 Å². The molecule has 154 valence electrons. The van der Waals surface area contributed by atoms with Gasteiger partial charge in [0.15, 0.2) is 17.7 Å². The van der Waals surface area contributed by atoms with Crippen LogP contribution in [0, 0.1) is 0 Å². The Bertz CT molecular complexity index is 1100. The zero-order valence-electron chi connectivity index (χ0n) is 15.8. The summed E-state index contributed by atoms with van der Waals surface area (Å²) in [4.78, 5) is 28.4. The molecular weight excluding hydrogens is 400 g/mol. The minimum absolute atomic E-state index is 0.0924. The molecule has 0 bridgehead atoms. The molecule has 0 saturated heterocycles. The number of fused-ring (bicyclic) bond motifs is 2. The molecule has 0 spiro atoms. The summed E-state index contributed by atoms with van der Waals surface area (Å²) in [5, 5.41) is 9.68. The molecule has 0 fully saturated rings. The zero-order chi connectivity index (χ0) is 23.2. The van der Waals surface area contributed by atoms with E-state index >= 15 is 0 Å². The number of ketones is 2. The summed E-state index contributed by atoms with van der Waals surface area (Å²) in [6.45, 7) is 0. The average Bonchev–Trinajstić information content (AvgIpc) is 2.79. The van der Waals surface area contributed by atoms with Crippen LogP contribution in [0.3, 0.4) is 0 Å². The van der Waals surface area contributed by atoms with Crippen molar-refractivity contribution in [3.8, 4) is 0 Å². The number of allylic oxidation sites excluding steroid dienone is 2. The van der Waals surface area contributed by atoms with Crippen LogP contribution in [0.25, 0.3) is 43.6 Å². The van der Waals surface area contributed by atoms with Crippen LogP contribution in [0.15, 0.2) is 66.8 Å². The number of carbonyl (C=O) groups excluding carboxylic acids is 2. The summed E-state index contributed by atoms with van der Waals surface area (Å²) in [5.41, 5.74) is 38.6. The standard InChI is InChI=1S/C10H8N2O.C10H6O2.2N3/c11-12-9-6-5-7-3-1-2-4-8(7)10(9)13;11-9-5-6-10(12)8-4-2-1-3-7(8)9;2*1-3-2/h1-6,10,13H;1-6H;;/q;;2*-1. The average molecular weight is 414 g/mol. The van der Waals surface area contributed by atoms with E-state index < -0.39 is 6.10 Å². The summed E-state index contributed by atoms with van der Waals surface area (Å²) in [7, 11) is 0. The van der Waals surface area contributed by atoms with Gasteiger partial charge in [0, 0.05) is 17.2 Å². The van der Waals surface area contributed by atoms with Gasteiger partial charge < -0.3 is 32.8 Å². The van der Waals surface area contributed by atoms with Crippen molar-refractivity contribution in [1.29, 1.82) is 0 Å². The Kier molecular flexibility index (Phi) is 9.89. The van der Waals surface area contributed by atoms with E-state index in [-0.39, 0.29) is 17.3 Å². The van der Waals surface area contributed by atoms with Gasteiger partial charge in [0.25, 0.3) is 0 Å². The Morgan fingerprint density at radius 3 is 1.61 bits per heavy atom. The molecule has 1 unspecified atom stereocenters. The van der Waals surface area contributed by atoms with Crippen LogP contribution in [0.4, 0.5) is 0 Å². The minimum Gasteiger partial charge on any atom is -0.376 e. The molecule has 0 radical (unpaired) electrons. The first-order valence-electron chi connectivity index (χ1n) is 8.44. The van der Waals surface area contributed by atoms with Crippen LogP contribution >= 0.6 is 0 Å². The van der Waals surface area contributed by atoms with Crippen molar-refractivity contribution in [1.82, 2.24) is 0 Å². The number of benzene rings is 2. The lowest BCUT2D eigenvalue weighted by Crippen LogP contribution is -2.14. The molecule has 1 atom stereocenters. The largest absolute Gasteiger partial charge is 0.376 e. The highest BCUT2D eigenvalue weighted by molar-refractivity contribution is 6.21. The maximum absolute atomic E-state index is 11.2. The number of nitrogens with zero attached hydrogens (tertiary/aromatic N) is 8. The summed E-state index contributed by atoms with van der Waals surface area (Å²) in [6, 6.07) is 14.3. The first-order chi connectivity index (χ1) is 14.9. The van der Waals surface area contributed by atoms with Crippen LogP contribution in [-0.2, 0) is 0 Å². The molecule has 2 aromatic rings. The van der Waals surface area contributed by atoms with E-state index in [0.29, 0.717) is 11.1 Å². The van der Waals surface area contributed by atoms with Gasteiger partial charge in [0.2, 0.25) is 0 Å². The van der Waals surface area contributed by atoms with Gasteiger partial charge >= 0.3 is 5.71 Å². The van der Waals surface area contributed by atoms with E-state index in [2.05, 4.69) is 4.79 Å². The molecule has 0 aromatic heterocycles. The second-order valence-electron chi connectivity index (χ2n) is 5.68. The topological polar surface area (TPSA) is 208 Å². The monoisotopic (exact) mass is 414 g/mol. The third-order valence-corrected chi connectivity index (χ3v) is 3.96. The van der Waals surface area contributed by atoms with E-state index in [4.69, 9.17) is 27.7 Å². The van der Waals surface area contributed by atoms with Crippen LogP contribution in [-0.4, -0.2) is 27.2 Å². The summed E-state index contributed by atoms with van der Waals surface area (Å²) < 4.78 is 0. The molecule has 2 aliphatic carbocycles. The lowest BCUT2D eigenvalue weighted by atomic mass is 9.94. The Balaban J connectivity index is 0.000000249. The van der Waals surface area contributed by atoms with Crippen molar-refractivity contribution in [2.45, 2.75) is 6.10 Å². The minimum atomic E-state index is -0.814. The zero-order valence-corrected chi connectivity index (χ0v) is 15.8. The number of aliphatic hydroxyl groups excluding tert-OH is 1. The van der Waals surface area contributed by atoms with Crippen LogP contribution in [0.5, 0.6) is 0 Å². The highest BCUT2D eigenvalue weighted by Crippen LogP contribution is 2.24. The summed E-state index contributed by atoms with van der Waals surface area (Å²) in [5.74, 6) is -0.185. The lowest BCUT2D eigenvalue weighted by molar-refractivity contribution is -0.0188. The number of carbonyl (C=O) groups is 2. The fourth-order valence-electron chi connectivity index (χ4n) is 2.67. The quantitative estimate of drug-likeness (QED) is 0.367. The van der Waals surface area contributed by atoms with Crippen molar-refractivity contribution in [3.63, 3.8) is 0 Å². The molecule has 1 N–H and O–H groups in total. The third-order valence-electron chi connectivity index (χ3n) is 3.96. The van der Waals surface area contributed by atoms with E-state index in [1.165, 1.54) is 22.0 Å². The van der Waals surface area contributed by atoms with E-state index in [9.17, 15) is 14.7 Å². The van der Waals surface area contributed by atoms with Gasteiger partial charge in [0.05, 0.1) is 0 Å². The Morgan fingerprint density at radius 1 is 0.677 bits per heavy atom. The second kappa shape index (κ2) is 12.6. The molecule has 11 nitrogen and oxygen atoms in total. The van der Waals surface area contributed by atoms with Gasteiger partial charge in [-0.15, -0.1) is 0 Å². The number of hydrogen-bond donors (Lipinski definition) is 1. The fourth-order valence-corrected chi connectivity index (χ4v) is 2.67. The number of aliphatic hydroxyl groups is 1. The molecular formula is C20H14N8O3-2. The molecule has 0 aliphatic heterocycles. The van der Waals surface area contributed by atoms with E-state index in [1.54, 1.807) is 30.3 Å². The Morgan fingerprint density at radius 2 is 1.13 bits per heavy atom. The molecule has 0 heterocycles. The van der Waals surface area contributed by atoms with Crippen LogP contribution in [0.2, 0.25) is 0 Å². The van der Waals surface area contributed by atoms with Crippen molar-refractivity contribution in [2.75, 3.05) is 0 Å². The lowest BCUT2D eigenvalue weighted by Gasteiger charge is -2.12. The highest BCUT2D eigenvalue weighted by atomic mass is 16.3. The van der Waals surface area contributed by atoms with E-state index in [1.807, 2.05) is 30.3 Å². The second-order valence-corrected chi connectivity index (χ2v) is 5.68. The molecule has 11 heteroatoms. The fraction of sp³-hybridized carbons (Fsp3) is 0.0500. The molecule has 2 aliphatic rings. The summed E-state index contributed by atoms with van der Waals surface area (Å²) in [6.07, 6.45) is 5.23. The maximum Gasteiger partial charge on any atom is 0.324 e. The predicted molar refractivity (Wildman–Crippen MR) is 113 cm³/mol. The maximum atomic E-state index is 11.2. The van der Waals surface area contributed by atoms with Crippen molar-refractivity contribution < 1.29 is 19.5 Å². The van der Waals surface area contributed by atoms with Crippen molar-refractivity contribution in [2.24, 2.45) is 0 Å². The van der Waals surface area contributed by atoms with Crippen molar-refractivity contribution >= 4 is 23.4 Å². The summed E-state index contributed by atoms with van der Waals surface area (Å²) >= 11 is 0. The Labute approximate surface area is 176 Å². The molecule has 2 aromatic carbocycles. The molecule has 31 heavy (non-hydrogen) atoms. The highest BCUT2D eigenvalue weighted by Gasteiger charge is 2.25. The smallest absolute Gasteiger partial charge is 0.324 e. The first kappa shape index (κ1) is 24.3. The molecule has 0 saturated carbocycles. The van der Waals surface area contributed by atoms with E-state index in [0.717, 1.165) is 11.1 Å². The number of hydrogen-bond acceptors (Lipinski definition) is 3.